The van der Waals surface area contributed by atoms with E-state index in [1.165, 1.54) is 35.1 Å². The first-order valence-electron chi connectivity index (χ1n) is 10.2. The molecule has 2 aliphatic rings. The number of nitrogens with zero attached hydrogens (tertiary/aromatic N) is 1. The van der Waals surface area contributed by atoms with Gasteiger partial charge in [0, 0.05) is 16.9 Å². The van der Waals surface area contributed by atoms with Crippen LogP contribution >= 0.6 is 11.3 Å². The number of thiophene rings is 1. The van der Waals surface area contributed by atoms with Crippen LogP contribution < -0.4 is 10.5 Å². The number of quaternary nitrogens is 1. The van der Waals surface area contributed by atoms with E-state index in [4.69, 9.17) is 9.72 Å². The molecule has 0 saturated carbocycles. The van der Waals surface area contributed by atoms with E-state index in [9.17, 15) is 9.59 Å². The van der Waals surface area contributed by atoms with Crippen molar-refractivity contribution in [3.63, 3.8) is 0 Å². The summed E-state index contributed by atoms with van der Waals surface area (Å²) in [4.78, 5) is 36.3. The normalized spacial score (nSPS) is 20.9. The van der Waals surface area contributed by atoms with Crippen LogP contribution in [0.25, 0.3) is 10.2 Å². The third-order valence-electron chi connectivity index (χ3n) is 6.21. The molecule has 150 valence electrons. The summed E-state index contributed by atoms with van der Waals surface area (Å²) in [5, 5.41) is 0.775. The second-order valence-electron chi connectivity index (χ2n) is 7.96. The molecule has 1 aliphatic heterocycles. The van der Waals surface area contributed by atoms with Gasteiger partial charge in [-0.2, -0.15) is 0 Å². The van der Waals surface area contributed by atoms with Crippen molar-refractivity contribution in [3.8, 4) is 0 Å². The largest absolute Gasteiger partial charge is 0.465 e. The molecule has 0 radical (unpaired) electrons. The summed E-state index contributed by atoms with van der Waals surface area (Å²) >= 11 is 1.66. The molecular weight excluding hydrogens is 386 g/mol. The molecule has 0 spiro atoms. The van der Waals surface area contributed by atoms with Crippen molar-refractivity contribution in [1.82, 2.24) is 9.97 Å². The average molecular weight is 411 g/mol. The Labute approximate surface area is 172 Å². The molecule has 0 amide bonds. The van der Waals surface area contributed by atoms with E-state index in [1.54, 1.807) is 11.3 Å². The van der Waals surface area contributed by atoms with E-state index >= 15 is 0 Å². The van der Waals surface area contributed by atoms with Crippen molar-refractivity contribution in [1.29, 1.82) is 0 Å². The van der Waals surface area contributed by atoms with Crippen LogP contribution in [0.5, 0.6) is 0 Å². The van der Waals surface area contributed by atoms with E-state index in [-0.39, 0.29) is 17.6 Å². The van der Waals surface area contributed by atoms with Gasteiger partial charge in [-0.3, -0.25) is 4.79 Å². The Kier molecular flexibility index (Phi) is 4.72. The van der Waals surface area contributed by atoms with Crippen molar-refractivity contribution >= 4 is 27.5 Å². The number of benzene rings is 1. The number of H-pyrrole nitrogens is 1. The van der Waals surface area contributed by atoms with E-state index in [0.29, 0.717) is 25.3 Å². The molecule has 0 fully saturated rings. The van der Waals surface area contributed by atoms with Crippen LogP contribution in [-0.4, -0.2) is 29.1 Å². The number of aromatic amines is 1. The Morgan fingerprint density at radius 1 is 1.28 bits per heavy atom. The van der Waals surface area contributed by atoms with Gasteiger partial charge in [0.2, 0.25) is 0 Å². The Morgan fingerprint density at radius 3 is 2.90 bits per heavy atom. The van der Waals surface area contributed by atoms with Crippen LogP contribution in [0.1, 0.15) is 40.2 Å². The van der Waals surface area contributed by atoms with E-state index in [1.807, 2.05) is 12.1 Å². The number of nitrogens with one attached hydrogen (secondary N) is 2. The number of rotatable bonds is 3. The third kappa shape index (κ3) is 3.28. The van der Waals surface area contributed by atoms with Crippen molar-refractivity contribution in [2.75, 3.05) is 7.11 Å². The minimum absolute atomic E-state index is 0.0455. The lowest BCUT2D eigenvalue weighted by Gasteiger charge is -2.31. The number of aromatic nitrogens is 2. The monoisotopic (exact) mass is 410 g/mol. The van der Waals surface area contributed by atoms with Crippen molar-refractivity contribution in [3.05, 3.63) is 62.0 Å². The number of carbonyl (C=O) groups excluding carboxylic acids is 1. The van der Waals surface area contributed by atoms with E-state index < -0.39 is 0 Å². The summed E-state index contributed by atoms with van der Waals surface area (Å²) in [6, 6.07) is 7.91. The van der Waals surface area contributed by atoms with Crippen molar-refractivity contribution < 1.29 is 14.4 Å². The topological polar surface area (TPSA) is 76.5 Å². The van der Waals surface area contributed by atoms with Gasteiger partial charge in [-0.05, 0) is 36.8 Å². The average Bonchev–Trinajstić information content (AvgIpc) is 3.11. The first-order chi connectivity index (χ1) is 14.1. The van der Waals surface area contributed by atoms with E-state index in [0.717, 1.165) is 34.4 Å². The minimum Gasteiger partial charge on any atom is -0.465 e. The molecule has 2 atom stereocenters. The number of esters is 1. The molecular formula is C22H24N3O3S+. The Hall–Kier alpha value is -2.51. The minimum atomic E-state index is -0.299. The number of ether oxygens (including phenoxy) is 1. The zero-order chi connectivity index (χ0) is 20.0. The standard InChI is InChI=1S/C22H23N3O3S/c1-28-22(27)16-10-13-6-2-3-7-14(13)11-25(16)12-18-23-20(26)19-15-8-4-5-9-17(15)29-21(19)24-18/h2-3,6-7,16H,4-5,8-12H2,1H3,(H,23,24,26)/p+1/t16-/m1/s1. The van der Waals surface area contributed by atoms with Crippen molar-refractivity contribution in [2.45, 2.75) is 51.2 Å². The summed E-state index contributed by atoms with van der Waals surface area (Å²) in [5.74, 6) is 0.425. The third-order valence-corrected chi connectivity index (χ3v) is 7.39. The fourth-order valence-electron chi connectivity index (χ4n) is 4.75. The predicted octanol–water partition coefficient (Wildman–Crippen LogP) is 1.55. The Balaban J connectivity index is 1.50. The van der Waals surface area contributed by atoms with Crippen LogP contribution in [0.3, 0.4) is 0 Å². The first-order valence-corrected chi connectivity index (χ1v) is 11.0. The fourth-order valence-corrected chi connectivity index (χ4v) is 6.03. The molecule has 1 aliphatic carbocycles. The Morgan fingerprint density at radius 2 is 2.07 bits per heavy atom. The van der Waals surface area contributed by atoms with Gasteiger partial charge < -0.3 is 14.6 Å². The number of hydrogen-bond acceptors (Lipinski definition) is 5. The molecule has 3 aromatic rings. The highest BCUT2D eigenvalue weighted by Crippen LogP contribution is 2.33. The predicted molar refractivity (Wildman–Crippen MR) is 111 cm³/mol. The maximum Gasteiger partial charge on any atom is 0.365 e. The molecule has 29 heavy (non-hydrogen) atoms. The van der Waals surface area contributed by atoms with Crippen LogP contribution in [0.15, 0.2) is 29.1 Å². The number of hydrogen-bond donors (Lipinski definition) is 2. The summed E-state index contributed by atoms with van der Waals surface area (Å²) in [6.07, 6.45) is 4.97. The van der Waals surface area contributed by atoms with Crippen LogP contribution in [0, 0.1) is 0 Å². The van der Waals surface area contributed by atoms with Gasteiger partial charge in [0.05, 0.1) is 12.5 Å². The number of carbonyl (C=O) groups is 1. The highest BCUT2D eigenvalue weighted by atomic mass is 32.1. The number of aryl methyl sites for hydroxylation is 2. The zero-order valence-corrected chi connectivity index (χ0v) is 17.2. The first kappa shape index (κ1) is 18.5. The van der Waals surface area contributed by atoms with Crippen LogP contribution in [0.2, 0.25) is 0 Å². The van der Waals surface area contributed by atoms with Gasteiger partial charge >= 0.3 is 5.97 Å². The highest BCUT2D eigenvalue weighted by Gasteiger charge is 2.36. The maximum atomic E-state index is 12.9. The Bertz CT molecular complexity index is 1150. The van der Waals surface area contributed by atoms with E-state index in [2.05, 4.69) is 17.1 Å². The molecule has 6 nitrogen and oxygen atoms in total. The number of fused-ring (bicyclic) bond motifs is 4. The van der Waals surface area contributed by atoms with Gasteiger partial charge in [0.25, 0.3) is 5.56 Å². The molecule has 5 rings (SSSR count). The van der Waals surface area contributed by atoms with Gasteiger partial charge in [-0.1, -0.05) is 24.3 Å². The lowest BCUT2D eigenvalue weighted by Crippen LogP contribution is -3.15. The highest BCUT2D eigenvalue weighted by molar-refractivity contribution is 7.18. The van der Waals surface area contributed by atoms with Gasteiger partial charge in [-0.25, -0.2) is 9.78 Å². The molecule has 7 heteroatoms. The molecule has 2 aromatic heterocycles. The van der Waals surface area contributed by atoms with Gasteiger partial charge in [0.1, 0.15) is 17.9 Å². The summed E-state index contributed by atoms with van der Waals surface area (Å²) < 4.78 is 5.07. The molecule has 1 unspecified atom stereocenters. The smallest absolute Gasteiger partial charge is 0.365 e. The zero-order valence-electron chi connectivity index (χ0n) is 16.4. The molecule has 2 N–H and O–H groups in total. The molecule has 1 aromatic carbocycles. The quantitative estimate of drug-likeness (QED) is 0.643. The molecule has 3 heterocycles. The van der Waals surface area contributed by atoms with Crippen molar-refractivity contribution in [2.24, 2.45) is 0 Å². The molecule has 0 bridgehead atoms. The summed E-state index contributed by atoms with van der Waals surface area (Å²) in [7, 11) is 1.43. The second-order valence-corrected chi connectivity index (χ2v) is 9.05. The lowest BCUT2D eigenvalue weighted by molar-refractivity contribution is -0.946. The maximum absolute atomic E-state index is 12.9. The van der Waals surface area contributed by atoms with Gasteiger partial charge in [-0.15, -0.1) is 11.3 Å². The number of methoxy groups -OCH3 is 1. The lowest BCUT2D eigenvalue weighted by atomic mass is 9.94. The van der Waals surface area contributed by atoms with Crippen LogP contribution in [-0.2, 0) is 41.9 Å². The van der Waals surface area contributed by atoms with Gasteiger partial charge in [0.15, 0.2) is 11.9 Å². The molecule has 0 saturated heterocycles. The second kappa shape index (κ2) is 7.39. The summed E-state index contributed by atoms with van der Waals surface area (Å²) in [6.45, 7) is 1.19. The summed E-state index contributed by atoms with van der Waals surface area (Å²) in [5.41, 5.74) is 3.58. The SMILES string of the molecule is COC(=O)[C@H]1Cc2ccccc2C[NH+]1Cc1nc2sc3c(c2c(=O)[nH]1)CCCC3. The fraction of sp³-hybridized carbons (Fsp3) is 0.409. The van der Waals surface area contributed by atoms with Crippen LogP contribution in [0.4, 0.5) is 0 Å².